The molecule has 0 amide bonds. The molecule has 3 heteroatoms. The number of ether oxygens (including phenoxy) is 2. The van der Waals surface area contributed by atoms with Crippen molar-refractivity contribution >= 4 is 11.5 Å². The number of allylic oxidation sites excluding steroid dienone is 1. The van der Waals surface area contributed by atoms with Gasteiger partial charge >= 0.3 is 0 Å². The van der Waals surface area contributed by atoms with Gasteiger partial charge in [-0.2, -0.15) is 0 Å². The number of benzene rings is 3. The van der Waals surface area contributed by atoms with E-state index in [0.717, 1.165) is 34.2 Å². The lowest BCUT2D eigenvalue weighted by Gasteiger charge is -2.34. The molecule has 2 heterocycles. The zero-order valence-corrected chi connectivity index (χ0v) is 15.8. The van der Waals surface area contributed by atoms with Crippen molar-refractivity contribution in [2.24, 2.45) is 5.92 Å². The summed E-state index contributed by atoms with van der Waals surface area (Å²) in [4.78, 5) is 13.4. The Kier molecular flexibility index (Phi) is 3.71. The van der Waals surface area contributed by atoms with Gasteiger partial charge in [0, 0.05) is 23.0 Å². The second-order valence-electron chi connectivity index (χ2n) is 7.93. The first kappa shape index (κ1) is 16.8. The summed E-state index contributed by atoms with van der Waals surface area (Å²) >= 11 is 0. The largest absolute Gasteiger partial charge is 0.463 e. The second-order valence-corrected chi connectivity index (χ2v) is 7.93. The minimum atomic E-state index is -0.358. The Morgan fingerprint density at radius 2 is 1.34 bits per heavy atom. The molecule has 29 heavy (non-hydrogen) atoms. The van der Waals surface area contributed by atoms with E-state index in [0.29, 0.717) is 5.76 Å². The van der Waals surface area contributed by atoms with Crippen LogP contribution in [0.15, 0.2) is 90.5 Å². The van der Waals surface area contributed by atoms with E-state index in [1.54, 1.807) is 0 Å². The number of hydrogen-bond donors (Lipinski definition) is 0. The van der Waals surface area contributed by atoms with E-state index in [-0.39, 0.29) is 30.0 Å². The number of rotatable bonds is 2. The van der Waals surface area contributed by atoms with E-state index in [4.69, 9.17) is 9.47 Å². The van der Waals surface area contributed by atoms with Crippen LogP contribution < -0.4 is 0 Å². The van der Waals surface area contributed by atoms with Gasteiger partial charge in [0.15, 0.2) is 5.78 Å². The van der Waals surface area contributed by atoms with Gasteiger partial charge in [-0.15, -0.1) is 0 Å². The van der Waals surface area contributed by atoms with E-state index in [2.05, 4.69) is 24.3 Å². The first-order chi connectivity index (χ1) is 14.3. The van der Waals surface area contributed by atoms with E-state index in [9.17, 15) is 4.79 Å². The van der Waals surface area contributed by atoms with Crippen molar-refractivity contribution < 1.29 is 14.3 Å². The molecule has 3 aromatic carbocycles. The monoisotopic (exact) mass is 380 g/mol. The summed E-state index contributed by atoms with van der Waals surface area (Å²) < 4.78 is 12.8. The number of ketones is 1. The SMILES string of the molecule is O=C1C2=C(O[C@@H]3O[C@H](c4ccccc4)C[C@@H]3[C@H]2c2ccccc2)c2ccccc21. The van der Waals surface area contributed by atoms with Gasteiger partial charge in [0.25, 0.3) is 0 Å². The molecule has 0 bridgehead atoms. The van der Waals surface area contributed by atoms with Gasteiger partial charge in [-0.3, -0.25) is 4.79 Å². The van der Waals surface area contributed by atoms with E-state index < -0.39 is 0 Å². The van der Waals surface area contributed by atoms with Crippen LogP contribution in [-0.4, -0.2) is 12.1 Å². The number of carbonyl (C=O) groups excluding carboxylic acids is 1. The van der Waals surface area contributed by atoms with Crippen molar-refractivity contribution in [3.63, 3.8) is 0 Å². The van der Waals surface area contributed by atoms with Crippen LogP contribution >= 0.6 is 0 Å². The highest BCUT2D eigenvalue weighted by Gasteiger charge is 2.52. The molecule has 1 fully saturated rings. The van der Waals surface area contributed by atoms with Crippen LogP contribution in [0.1, 0.15) is 45.5 Å². The molecule has 1 aliphatic carbocycles. The molecule has 3 aliphatic rings. The fourth-order valence-electron chi connectivity index (χ4n) is 5.05. The average molecular weight is 380 g/mol. The molecular formula is C26H20O3. The molecule has 0 radical (unpaired) electrons. The van der Waals surface area contributed by atoms with E-state index in [1.807, 2.05) is 60.7 Å². The molecule has 3 nitrogen and oxygen atoms in total. The van der Waals surface area contributed by atoms with Crippen molar-refractivity contribution in [1.82, 2.24) is 0 Å². The van der Waals surface area contributed by atoms with Crippen LogP contribution in [0.3, 0.4) is 0 Å². The maximum atomic E-state index is 13.4. The maximum absolute atomic E-state index is 13.4. The maximum Gasteiger partial charge on any atom is 0.204 e. The molecule has 142 valence electrons. The molecule has 1 saturated heterocycles. The summed E-state index contributed by atoms with van der Waals surface area (Å²) in [5.74, 6) is 0.860. The predicted octanol–water partition coefficient (Wildman–Crippen LogP) is 5.51. The first-order valence-corrected chi connectivity index (χ1v) is 10.1. The van der Waals surface area contributed by atoms with Crippen LogP contribution in [-0.2, 0) is 9.47 Å². The summed E-state index contributed by atoms with van der Waals surface area (Å²) in [5, 5.41) is 0. The van der Waals surface area contributed by atoms with Gasteiger partial charge in [-0.05, 0) is 17.5 Å². The smallest absolute Gasteiger partial charge is 0.204 e. The molecule has 2 aliphatic heterocycles. The minimum absolute atomic E-state index is 0.0252. The lowest BCUT2D eigenvalue weighted by atomic mass is 9.76. The number of hydrogen-bond acceptors (Lipinski definition) is 3. The first-order valence-electron chi connectivity index (χ1n) is 10.1. The zero-order valence-electron chi connectivity index (χ0n) is 15.8. The molecular weight excluding hydrogens is 360 g/mol. The van der Waals surface area contributed by atoms with Gasteiger partial charge in [-0.1, -0.05) is 84.9 Å². The second kappa shape index (κ2) is 6.43. The lowest BCUT2D eigenvalue weighted by molar-refractivity contribution is -0.114. The topological polar surface area (TPSA) is 35.5 Å². The normalized spacial score (nSPS) is 27.2. The minimum Gasteiger partial charge on any atom is -0.463 e. The molecule has 0 aromatic heterocycles. The quantitative estimate of drug-likeness (QED) is 0.588. The van der Waals surface area contributed by atoms with Crippen LogP contribution in [0.25, 0.3) is 5.76 Å². The highest BCUT2D eigenvalue weighted by molar-refractivity contribution is 6.20. The molecule has 0 saturated carbocycles. The summed E-state index contributed by atoms with van der Waals surface area (Å²) in [6.45, 7) is 0. The number of fused-ring (bicyclic) bond motifs is 3. The van der Waals surface area contributed by atoms with E-state index >= 15 is 0 Å². The van der Waals surface area contributed by atoms with Crippen molar-refractivity contribution in [2.45, 2.75) is 24.7 Å². The van der Waals surface area contributed by atoms with Gasteiger partial charge < -0.3 is 9.47 Å². The molecule has 3 aromatic rings. The number of Topliss-reactive ketones (excluding diaryl/α,β-unsaturated/α-hetero) is 1. The summed E-state index contributed by atoms with van der Waals surface area (Å²) in [6, 6.07) is 28.3. The fraction of sp³-hybridized carbons (Fsp3) is 0.192. The van der Waals surface area contributed by atoms with Crippen molar-refractivity contribution in [3.8, 4) is 0 Å². The Hall–Kier alpha value is -3.17. The summed E-state index contributed by atoms with van der Waals surface area (Å²) in [6.07, 6.45) is 0.445. The zero-order chi connectivity index (χ0) is 19.4. The van der Waals surface area contributed by atoms with Crippen LogP contribution in [0.5, 0.6) is 0 Å². The Morgan fingerprint density at radius 3 is 2.07 bits per heavy atom. The average Bonchev–Trinajstić information content (AvgIpc) is 3.33. The Bertz CT molecular complexity index is 1120. The van der Waals surface area contributed by atoms with Crippen LogP contribution in [0.4, 0.5) is 0 Å². The highest BCUT2D eigenvalue weighted by atomic mass is 16.7. The van der Waals surface area contributed by atoms with Crippen molar-refractivity contribution in [1.29, 1.82) is 0 Å². The lowest BCUT2D eigenvalue weighted by Crippen LogP contribution is -2.32. The van der Waals surface area contributed by atoms with Gasteiger partial charge in [-0.25, -0.2) is 0 Å². The fourth-order valence-corrected chi connectivity index (χ4v) is 5.05. The molecule has 0 unspecified atom stereocenters. The highest BCUT2D eigenvalue weighted by Crippen LogP contribution is 2.55. The third-order valence-electron chi connectivity index (χ3n) is 6.34. The third-order valence-corrected chi connectivity index (χ3v) is 6.34. The predicted molar refractivity (Wildman–Crippen MR) is 110 cm³/mol. The Balaban J connectivity index is 1.47. The summed E-state index contributed by atoms with van der Waals surface area (Å²) in [5.41, 5.74) is 4.72. The Morgan fingerprint density at radius 1 is 0.724 bits per heavy atom. The third kappa shape index (κ3) is 2.51. The van der Waals surface area contributed by atoms with Crippen LogP contribution in [0.2, 0.25) is 0 Å². The van der Waals surface area contributed by atoms with Gasteiger partial charge in [0.1, 0.15) is 5.76 Å². The van der Waals surface area contributed by atoms with Crippen molar-refractivity contribution in [3.05, 3.63) is 113 Å². The van der Waals surface area contributed by atoms with Gasteiger partial charge in [0.2, 0.25) is 6.29 Å². The van der Waals surface area contributed by atoms with Crippen LogP contribution in [0, 0.1) is 5.92 Å². The summed E-state index contributed by atoms with van der Waals surface area (Å²) in [7, 11) is 0. The van der Waals surface area contributed by atoms with Gasteiger partial charge in [0.05, 0.1) is 11.7 Å². The standard InChI is InChI=1S/C26H20O3/c27-24-18-13-7-8-14-19(18)25-23(24)22(17-11-5-2-6-12-17)20-15-21(28-26(20)29-25)16-9-3-1-4-10-16/h1-14,20-22,26H,15H2/t20-,21+,22-,26+/m1/s1. The Labute approximate surface area is 169 Å². The molecule has 4 atom stereocenters. The number of carbonyl (C=O) groups is 1. The van der Waals surface area contributed by atoms with E-state index in [1.165, 1.54) is 0 Å². The molecule has 0 spiro atoms. The molecule has 0 N–H and O–H groups in total. The van der Waals surface area contributed by atoms with Crippen molar-refractivity contribution in [2.75, 3.05) is 0 Å². The molecule has 6 rings (SSSR count).